The second kappa shape index (κ2) is 12.6. The maximum absolute atomic E-state index is 11.5. The molecule has 0 heterocycles. The third kappa shape index (κ3) is 10.7. The fourth-order valence-corrected chi connectivity index (χ4v) is 2.46. The molecule has 1 N–H and O–H groups in total. The van der Waals surface area contributed by atoms with Crippen LogP contribution in [0.4, 0.5) is 0 Å². The van der Waals surface area contributed by atoms with Crippen LogP contribution < -0.4 is 0 Å². The van der Waals surface area contributed by atoms with Crippen molar-refractivity contribution in [1.29, 1.82) is 0 Å². The van der Waals surface area contributed by atoms with E-state index in [4.69, 9.17) is 4.18 Å². The summed E-state index contributed by atoms with van der Waals surface area (Å²) in [6.07, 6.45) is 4.49. The van der Waals surface area contributed by atoms with Gasteiger partial charge in [0.25, 0.3) is 10.1 Å². The van der Waals surface area contributed by atoms with Gasteiger partial charge in [-0.05, 0) is 38.7 Å². The fraction of sp³-hybridized carbons (Fsp3) is 0.400. The first-order chi connectivity index (χ1) is 11.8. The van der Waals surface area contributed by atoms with E-state index in [-0.39, 0.29) is 11.5 Å². The van der Waals surface area contributed by atoms with Crippen molar-refractivity contribution in [3.8, 4) is 0 Å². The zero-order valence-electron chi connectivity index (χ0n) is 15.4. The largest absolute Gasteiger partial charge is 0.391 e. The number of aryl methyl sites for hydroxylation is 1. The Morgan fingerprint density at radius 3 is 2.36 bits per heavy atom. The molecule has 0 saturated heterocycles. The highest BCUT2D eigenvalue weighted by Crippen LogP contribution is 2.12. The number of allylic oxidation sites excluding steroid dienone is 4. The minimum atomic E-state index is -3.74. The topological polar surface area (TPSA) is 63.6 Å². The summed E-state index contributed by atoms with van der Waals surface area (Å²) in [7, 11) is -3.74. The molecule has 25 heavy (non-hydrogen) atoms. The molecular weight excluding hydrogens is 336 g/mol. The third-order valence-electron chi connectivity index (χ3n) is 3.55. The Kier molecular flexibility index (Phi) is 11.8. The molecule has 1 aromatic rings. The minimum Gasteiger partial charge on any atom is -0.391 e. The van der Waals surface area contributed by atoms with Gasteiger partial charge < -0.3 is 5.11 Å². The molecule has 1 aromatic carbocycles. The normalized spacial score (nSPS) is 12.7. The van der Waals surface area contributed by atoms with Gasteiger partial charge in [-0.1, -0.05) is 68.1 Å². The second-order valence-electron chi connectivity index (χ2n) is 5.55. The van der Waals surface area contributed by atoms with E-state index in [9.17, 15) is 13.5 Å². The molecule has 0 radical (unpaired) electrons. The molecule has 5 heteroatoms. The van der Waals surface area contributed by atoms with E-state index in [0.717, 1.165) is 5.56 Å². The predicted molar refractivity (Wildman–Crippen MR) is 105 cm³/mol. The zero-order chi connectivity index (χ0) is 19.3. The van der Waals surface area contributed by atoms with E-state index in [1.54, 1.807) is 6.92 Å². The van der Waals surface area contributed by atoms with Crippen LogP contribution in [0.15, 0.2) is 66.1 Å². The second-order valence-corrected chi connectivity index (χ2v) is 7.27. The van der Waals surface area contributed by atoms with Crippen molar-refractivity contribution in [1.82, 2.24) is 0 Å². The van der Waals surface area contributed by atoms with Gasteiger partial charge in [-0.15, -0.1) is 0 Å². The maximum Gasteiger partial charge on any atom is 0.292 e. The van der Waals surface area contributed by atoms with Gasteiger partial charge in [-0.2, -0.15) is 8.42 Å². The molecule has 0 spiro atoms. The highest BCUT2D eigenvalue weighted by atomic mass is 32.2. The summed E-state index contributed by atoms with van der Waals surface area (Å²) in [5, 5.41) is 9.71. The molecule has 1 atom stereocenters. The Labute approximate surface area is 152 Å². The van der Waals surface area contributed by atoms with E-state index in [2.05, 4.69) is 13.2 Å². The lowest BCUT2D eigenvalue weighted by Crippen LogP contribution is -2.20. The maximum atomic E-state index is 11.5. The van der Waals surface area contributed by atoms with Crippen LogP contribution in [-0.2, 0) is 20.7 Å². The molecule has 0 aliphatic rings. The lowest BCUT2D eigenvalue weighted by molar-refractivity contribution is 0.104. The average Bonchev–Trinajstić information content (AvgIpc) is 2.64. The summed E-state index contributed by atoms with van der Waals surface area (Å²) in [5.41, 5.74) is 2.33. The number of rotatable bonds is 9. The highest BCUT2D eigenvalue weighted by molar-refractivity contribution is 7.90. The summed E-state index contributed by atoms with van der Waals surface area (Å²) in [6, 6.07) is 9.69. The lowest BCUT2D eigenvalue weighted by Gasteiger charge is -2.11. The van der Waals surface area contributed by atoms with Crippen molar-refractivity contribution in [2.24, 2.45) is 0 Å². The smallest absolute Gasteiger partial charge is 0.292 e. The Bertz CT molecular complexity index is 646. The number of hydrogen-bond donors (Lipinski definition) is 1. The number of aliphatic hydroxyl groups is 1. The van der Waals surface area contributed by atoms with Crippen LogP contribution in [0.25, 0.3) is 0 Å². The standard InChI is InChI=1S/C14H20O4S.C6H10/c1-3-12(2)19(16,17)18-11-14(15)10-9-13-7-5-4-6-8-13;1-4-6(3)5-2/h4-8,14-15H,2-3,9-11H2,1H3;4-5H,1H2,2-3H3/b;6-5-/t14-;/m0./s1. The highest BCUT2D eigenvalue weighted by Gasteiger charge is 2.17. The van der Waals surface area contributed by atoms with Crippen molar-refractivity contribution in [3.05, 3.63) is 71.7 Å². The summed E-state index contributed by atoms with van der Waals surface area (Å²) in [5.74, 6) is 0. The van der Waals surface area contributed by atoms with Crippen molar-refractivity contribution in [3.63, 3.8) is 0 Å². The first-order valence-corrected chi connectivity index (χ1v) is 9.72. The molecule has 0 unspecified atom stereocenters. The van der Waals surface area contributed by atoms with Crippen molar-refractivity contribution >= 4 is 10.1 Å². The summed E-state index contributed by atoms with van der Waals surface area (Å²) in [4.78, 5) is 0.0303. The summed E-state index contributed by atoms with van der Waals surface area (Å²) in [6.45, 7) is 12.5. The number of aliphatic hydroxyl groups excluding tert-OH is 1. The third-order valence-corrected chi connectivity index (χ3v) is 4.99. The molecule has 4 nitrogen and oxygen atoms in total. The summed E-state index contributed by atoms with van der Waals surface area (Å²) >= 11 is 0. The fourth-order valence-electron chi connectivity index (χ4n) is 1.61. The molecule has 0 bridgehead atoms. The van der Waals surface area contributed by atoms with Gasteiger partial charge in [0.15, 0.2) is 0 Å². The van der Waals surface area contributed by atoms with Gasteiger partial charge in [0.05, 0.1) is 17.6 Å². The Morgan fingerprint density at radius 1 is 1.32 bits per heavy atom. The van der Waals surface area contributed by atoms with Crippen LogP contribution in [0.5, 0.6) is 0 Å². The summed E-state index contributed by atoms with van der Waals surface area (Å²) < 4.78 is 27.8. The van der Waals surface area contributed by atoms with E-state index in [0.29, 0.717) is 19.3 Å². The predicted octanol–water partition coefficient (Wildman–Crippen LogP) is 4.39. The van der Waals surface area contributed by atoms with E-state index in [1.165, 1.54) is 5.57 Å². The van der Waals surface area contributed by atoms with Gasteiger partial charge in [0.2, 0.25) is 0 Å². The lowest BCUT2D eigenvalue weighted by atomic mass is 10.1. The van der Waals surface area contributed by atoms with Gasteiger partial charge in [-0.25, -0.2) is 0 Å². The quantitative estimate of drug-likeness (QED) is 0.520. The van der Waals surface area contributed by atoms with E-state index in [1.807, 2.05) is 56.3 Å². The van der Waals surface area contributed by atoms with Gasteiger partial charge >= 0.3 is 0 Å². The SMILES string of the molecule is C=C(CC)S(=O)(=O)OC[C@@H](O)CCc1ccccc1.C=C/C(C)=C\C. The first kappa shape index (κ1) is 23.3. The Hall–Kier alpha value is -1.69. The molecule has 1 rings (SSSR count). The average molecular weight is 367 g/mol. The van der Waals surface area contributed by atoms with Crippen molar-refractivity contribution < 1.29 is 17.7 Å². The first-order valence-electron chi connectivity index (χ1n) is 8.31. The Morgan fingerprint density at radius 2 is 1.92 bits per heavy atom. The van der Waals surface area contributed by atoms with Crippen molar-refractivity contribution in [2.75, 3.05) is 6.61 Å². The van der Waals surface area contributed by atoms with Crippen molar-refractivity contribution in [2.45, 2.75) is 46.1 Å². The molecular formula is C20H30O4S. The van der Waals surface area contributed by atoms with Gasteiger partial charge in [0, 0.05) is 0 Å². The van der Waals surface area contributed by atoms with Crippen LogP contribution in [0.3, 0.4) is 0 Å². The molecule has 0 aliphatic heterocycles. The van der Waals surface area contributed by atoms with Crippen LogP contribution in [0.2, 0.25) is 0 Å². The molecule has 0 saturated carbocycles. The minimum absolute atomic E-state index is 0.0303. The van der Waals surface area contributed by atoms with Crippen LogP contribution in [0.1, 0.15) is 39.2 Å². The number of benzene rings is 1. The van der Waals surface area contributed by atoms with E-state index >= 15 is 0 Å². The van der Waals surface area contributed by atoms with Gasteiger partial charge in [-0.3, -0.25) is 4.18 Å². The Balaban J connectivity index is 0.000000823. The zero-order valence-corrected chi connectivity index (χ0v) is 16.3. The van der Waals surface area contributed by atoms with E-state index < -0.39 is 16.2 Å². The molecule has 0 aliphatic carbocycles. The number of hydrogen-bond acceptors (Lipinski definition) is 4. The molecule has 0 amide bonds. The van der Waals surface area contributed by atoms with Crippen LogP contribution in [0, 0.1) is 0 Å². The monoisotopic (exact) mass is 366 g/mol. The molecule has 0 aromatic heterocycles. The van der Waals surface area contributed by atoms with Crippen LogP contribution >= 0.6 is 0 Å². The molecule has 140 valence electrons. The van der Waals surface area contributed by atoms with Gasteiger partial charge in [0.1, 0.15) is 0 Å². The molecule has 0 fully saturated rings. The van der Waals surface area contributed by atoms with Crippen LogP contribution in [-0.4, -0.2) is 26.2 Å².